The second-order valence-electron chi connectivity index (χ2n) is 20.6. The van der Waals surface area contributed by atoms with Gasteiger partial charge in [0.05, 0.1) is 0 Å². The molecule has 0 bridgehead atoms. The zero-order valence-electron chi connectivity index (χ0n) is 47.7. The lowest BCUT2D eigenvalue weighted by Gasteiger charge is -2.18. The molecular formula is C66H116O6. The van der Waals surface area contributed by atoms with Crippen LogP contribution in [-0.2, 0) is 28.6 Å². The molecule has 1 atom stereocenters. The Bertz CT molecular complexity index is 1340. The predicted molar refractivity (Wildman–Crippen MR) is 311 cm³/mol. The molecule has 0 spiro atoms. The third-order valence-electron chi connectivity index (χ3n) is 13.5. The maximum absolute atomic E-state index is 12.9. The molecule has 0 rings (SSSR count). The highest BCUT2D eigenvalue weighted by Crippen LogP contribution is 2.17. The summed E-state index contributed by atoms with van der Waals surface area (Å²) in [4.78, 5) is 38.3. The topological polar surface area (TPSA) is 78.9 Å². The van der Waals surface area contributed by atoms with Crippen LogP contribution in [0.5, 0.6) is 0 Å². The van der Waals surface area contributed by atoms with Gasteiger partial charge in [-0.05, 0) is 83.5 Å². The molecule has 72 heavy (non-hydrogen) atoms. The monoisotopic (exact) mass is 1000 g/mol. The van der Waals surface area contributed by atoms with Crippen LogP contribution in [0.25, 0.3) is 0 Å². The SMILES string of the molecule is CCCCC/C=C\C=C/CCCCCCCCCCCCC(=O)OCC(COC(=O)CCC/C=C\C/C=C\C/C=C\C/C=C\CCCCC)OC(=O)CCCCCCCCCCCCCCCCCCCC. The third kappa shape index (κ3) is 57.7. The van der Waals surface area contributed by atoms with Crippen LogP contribution in [-0.4, -0.2) is 37.2 Å². The maximum Gasteiger partial charge on any atom is 0.306 e. The zero-order chi connectivity index (χ0) is 52.2. The van der Waals surface area contributed by atoms with Crippen LogP contribution >= 0.6 is 0 Å². The van der Waals surface area contributed by atoms with E-state index < -0.39 is 6.10 Å². The molecule has 0 aliphatic rings. The van der Waals surface area contributed by atoms with Gasteiger partial charge < -0.3 is 14.2 Å². The normalized spacial score (nSPS) is 12.5. The first kappa shape index (κ1) is 68.8. The molecule has 1 unspecified atom stereocenters. The number of carbonyl (C=O) groups is 3. The highest BCUT2D eigenvalue weighted by Gasteiger charge is 2.19. The van der Waals surface area contributed by atoms with Crippen LogP contribution in [0.15, 0.2) is 72.9 Å². The molecule has 0 aliphatic carbocycles. The Morgan fingerprint density at radius 1 is 0.292 bits per heavy atom. The molecule has 0 saturated carbocycles. The first-order valence-electron chi connectivity index (χ1n) is 31.0. The van der Waals surface area contributed by atoms with Crippen molar-refractivity contribution in [2.75, 3.05) is 13.2 Å². The second kappa shape index (κ2) is 60.4. The summed E-state index contributed by atoms with van der Waals surface area (Å²) in [5, 5.41) is 0. The van der Waals surface area contributed by atoms with Crippen molar-refractivity contribution in [2.24, 2.45) is 0 Å². The van der Waals surface area contributed by atoms with Crippen molar-refractivity contribution >= 4 is 17.9 Å². The first-order valence-corrected chi connectivity index (χ1v) is 31.0. The van der Waals surface area contributed by atoms with Crippen molar-refractivity contribution < 1.29 is 28.6 Å². The lowest BCUT2D eigenvalue weighted by atomic mass is 10.0. The van der Waals surface area contributed by atoms with Gasteiger partial charge in [0.1, 0.15) is 13.2 Å². The van der Waals surface area contributed by atoms with Gasteiger partial charge in [-0.2, -0.15) is 0 Å². The van der Waals surface area contributed by atoms with Gasteiger partial charge >= 0.3 is 17.9 Å². The molecule has 416 valence electrons. The smallest absolute Gasteiger partial charge is 0.306 e. The molecule has 6 heteroatoms. The first-order chi connectivity index (χ1) is 35.5. The third-order valence-corrected chi connectivity index (χ3v) is 13.5. The fourth-order valence-corrected chi connectivity index (χ4v) is 8.78. The summed E-state index contributed by atoms with van der Waals surface area (Å²) < 4.78 is 16.9. The predicted octanol–water partition coefficient (Wildman–Crippen LogP) is 20.9. The Hall–Kier alpha value is -3.15. The van der Waals surface area contributed by atoms with Gasteiger partial charge in [0.2, 0.25) is 0 Å². The maximum atomic E-state index is 12.9. The number of ether oxygens (including phenoxy) is 3. The Kier molecular flexibility index (Phi) is 57.8. The molecule has 0 aromatic rings. The average Bonchev–Trinajstić information content (AvgIpc) is 3.38. The lowest BCUT2D eigenvalue weighted by molar-refractivity contribution is -0.167. The molecule has 0 heterocycles. The van der Waals surface area contributed by atoms with Crippen LogP contribution < -0.4 is 0 Å². The fourth-order valence-electron chi connectivity index (χ4n) is 8.78. The number of allylic oxidation sites excluding steroid dienone is 12. The van der Waals surface area contributed by atoms with Gasteiger partial charge in [-0.15, -0.1) is 0 Å². The van der Waals surface area contributed by atoms with Gasteiger partial charge in [-0.3, -0.25) is 14.4 Å². The van der Waals surface area contributed by atoms with Crippen LogP contribution in [0.3, 0.4) is 0 Å². The standard InChI is InChI=1S/C66H116O6/c1-4-7-10-13-16-19-22-25-28-31-33-36-38-41-44-47-50-53-56-59-65(68)71-62-63(61-70-64(67)58-55-52-49-46-43-40-37-34-30-27-24-21-18-15-12-9-6-3)72-66(69)60-57-54-51-48-45-42-39-35-32-29-26-23-20-17-14-11-8-5-2/h16,18-19,21-22,25,27,30,37,40,46,49,63H,4-15,17,20,23-24,26,28-29,31-36,38-39,41-45,47-48,50-62H2,1-3H3/b19-16-,21-18-,25-22-,30-27-,40-37-,49-46-. The summed E-state index contributed by atoms with van der Waals surface area (Å²) >= 11 is 0. The van der Waals surface area contributed by atoms with Crippen molar-refractivity contribution in [1.29, 1.82) is 0 Å². The van der Waals surface area contributed by atoms with Crippen molar-refractivity contribution in [1.82, 2.24) is 0 Å². The molecule has 0 aliphatic heterocycles. The van der Waals surface area contributed by atoms with E-state index in [0.29, 0.717) is 19.3 Å². The molecule has 0 aromatic carbocycles. The van der Waals surface area contributed by atoms with E-state index in [1.165, 1.54) is 199 Å². The number of rotatable bonds is 56. The number of esters is 3. The summed E-state index contributed by atoms with van der Waals surface area (Å²) in [5.41, 5.74) is 0. The number of unbranched alkanes of at least 4 members (excludes halogenated alkanes) is 34. The summed E-state index contributed by atoms with van der Waals surface area (Å²) in [6.07, 6.45) is 77.6. The van der Waals surface area contributed by atoms with E-state index >= 15 is 0 Å². The van der Waals surface area contributed by atoms with Gasteiger partial charge in [-0.25, -0.2) is 0 Å². The number of hydrogen-bond acceptors (Lipinski definition) is 6. The molecule has 6 nitrogen and oxygen atoms in total. The average molecular weight is 1010 g/mol. The largest absolute Gasteiger partial charge is 0.462 e. The summed E-state index contributed by atoms with van der Waals surface area (Å²) in [6.45, 7) is 6.57. The van der Waals surface area contributed by atoms with Crippen LogP contribution in [0.1, 0.15) is 310 Å². The lowest BCUT2D eigenvalue weighted by Crippen LogP contribution is -2.30. The van der Waals surface area contributed by atoms with E-state index in [2.05, 4.69) is 93.7 Å². The van der Waals surface area contributed by atoms with Crippen LogP contribution in [0, 0.1) is 0 Å². The minimum Gasteiger partial charge on any atom is -0.462 e. The Labute approximate surface area is 446 Å². The van der Waals surface area contributed by atoms with Crippen molar-refractivity contribution in [3.63, 3.8) is 0 Å². The van der Waals surface area contributed by atoms with Gasteiger partial charge in [0.15, 0.2) is 6.10 Å². The quantitative estimate of drug-likeness (QED) is 0.0199. The number of carbonyl (C=O) groups excluding carboxylic acids is 3. The van der Waals surface area contributed by atoms with Crippen LogP contribution in [0.2, 0.25) is 0 Å². The Morgan fingerprint density at radius 3 is 0.944 bits per heavy atom. The molecule has 0 aromatic heterocycles. The summed E-state index contributed by atoms with van der Waals surface area (Å²) in [7, 11) is 0. The molecule has 0 saturated heterocycles. The highest BCUT2D eigenvalue weighted by molar-refractivity contribution is 5.71. The molecule has 0 radical (unpaired) electrons. The van der Waals surface area contributed by atoms with Gasteiger partial charge in [0, 0.05) is 19.3 Å². The molecule has 0 N–H and O–H groups in total. The van der Waals surface area contributed by atoms with Crippen LogP contribution in [0.4, 0.5) is 0 Å². The van der Waals surface area contributed by atoms with E-state index in [4.69, 9.17) is 14.2 Å². The summed E-state index contributed by atoms with van der Waals surface area (Å²) in [5.74, 6) is -0.938. The van der Waals surface area contributed by atoms with E-state index in [0.717, 1.165) is 64.2 Å². The van der Waals surface area contributed by atoms with E-state index in [1.54, 1.807) is 0 Å². The van der Waals surface area contributed by atoms with Crippen molar-refractivity contribution in [2.45, 2.75) is 316 Å². The summed E-state index contributed by atoms with van der Waals surface area (Å²) in [6, 6.07) is 0. The molecular weight excluding hydrogens is 889 g/mol. The van der Waals surface area contributed by atoms with Gasteiger partial charge in [0.25, 0.3) is 0 Å². The minimum atomic E-state index is -0.798. The van der Waals surface area contributed by atoms with E-state index in [-0.39, 0.29) is 37.5 Å². The highest BCUT2D eigenvalue weighted by atomic mass is 16.6. The minimum absolute atomic E-state index is 0.0916. The van der Waals surface area contributed by atoms with E-state index in [9.17, 15) is 14.4 Å². The van der Waals surface area contributed by atoms with Crippen molar-refractivity contribution in [3.8, 4) is 0 Å². The van der Waals surface area contributed by atoms with E-state index in [1.807, 2.05) is 0 Å². The molecule has 0 fully saturated rings. The Balaban J connectivity index is 4.43. The fraction of sp³-hybridized carbons (Fsp3) is 0.773. The van der Waals surface area contributed by atoms with Gasteiger partial charge in [-0.1, -0.05) is 280 Å². The second-order valence-corrected chi connectivity index (χ2v) is 20.6. The zero-order valence-corrected chi connectivity index (χ0v) is 47.7. The number of hydrogen-bond donors (Lipinski definition) is 0. The Morgan fingerprint density at radius 2 is 0.556 bits per heavy atom. The molecule has 0 amide bonds. The van der Waals surface area contributed by atoms with Crippen molar-refractivity contribution in [3.05, 3.63) is 72.9 Å².